The molecule has 1 saturated heterocycles. The van der Waals surface area contributed by atoms with Crippen molar-refractivity contribution in [2.75, 3.05) is 6.54 Å². The minimum absolute atomic E-state index is 0.0821. The van der Waals surface area contributed by atoms with Gasteiger partial charge in [0.1, 0.15) is 0 Å². The molecule has 0 radical (unpaired) electrons. The molecule has 7 heteroatoms. The van der Waals surface area contributed by atoms with E-state index in [4.69, 9.17) is 5.41 Å². The highest BCUT2D eigenvalue weighted by Crippen LogP contribution is 2.38. The molecule has 0 spiro atoms. The van der Waals surface area contributed by atoms with Crippen molar-refractivity contribution in [1.82, 2.24) is 10.2 Å². The number of rotatable bonds is 6. The number of nitrogens with zero attached hydrogens (tertiary/aromatic N) is 1. The molecule has 4 aromatic rings. The fourth-order valence-electron chi connectivity index (χ4n) is 6.13. The van der Waals surface area contributed by atoms with Crippen LogP contribution in [0.15, 0.2) is 108 Å². The smallest absolute Gasteiger partial charge is 0.264 e. The number of amides is 1. The minimum atomic E-state index is -3.45. The molecule has 0 aromatic heterocycles. The molecule has 1 heterocycles. The van der Waals surface area contributed by atoms with Crippen LogP contribution in [0.1, 0.15) is 36.8 Å². The summed E-state index contributed by atoms with van der Waals surface area (Å²) >= 11 is 0. The first-order chi connectivity index (χ1) is 18.9. The van der Waals surface area contributed by atoms with Crippen molar-refractivity contribution < 1.29 is 13.2 Å². The second-order valence-electron chi connectivity index (χ2n) is 10.6. The van der Waals surface area contributed by atoms with E-state index in [-0.39, 0.29) is 17.8 Å². The van der Waals surface area contributed by atoms with Crippen molar-refractivity contribution in [2.24, 2.45) is 5.92 Å². The summed E-state index contributed by atoms with van der Waals surface area (Å²) in [4.78, 5) is 16.0. The largest absolute Gasteiger partial charge is 0.334 e. The van der Waals surface area contributed by atoms with E-state index in [1.807, 2.05) is 91.0 Å². The van der Waals surface area contributed by atoms with E-state index in [0.717, 1.165) is 21.9 Å². The Morgan fingerprint density at radius 3 is 1.95 bits per heavy atom. The zero-order chi connectivity index (χ0) is 27.0. The molecule has 6 nitrogen and oxygen atoms in total. The summed E-state index contributed by atoms with van der Waals surface area (Å²) in [5, 5.41) is 13.5. The van der Waals surface area contributed by atoms with Crippen LogP contribution in [-0.4, -0.2) is 37.0 Å². The number of carbonyl (C=O) groups excluding carboxylic acids is 1. The number of nitrogens with one attached hydrogen (secondary N) is 2. The lowest BCUT2D eigenvalue weighted by Gasteiger charge is -2.31. The number of fused-ring (bicyclic) bond motifs is 1. The van der Waals surface area contributed by atoms with Gasteiger partial charge in [0.05, 0.1) is 10.1 Å². The molecule has 39 heavy (non-hydrogen) atoms. The molecule has 1 amide bonds. The zero-order valence-electron chi connectivity index (χ0n) is 21.6. The van der Waals surface area contributed by atoms with Crippen molar-refractivity contribution in [3.05, 3.63) is 114 Å². The maximum Gasteiger partial charge on any atom is 0.264 e. The Bertz CT molecular complexity index is 1590. The van der Waals surface area contributed by atoms with E-state index in [1.54, 1.807) is 17.0 Å². The van der Waals surface area contributed by atoms with E-state index in [9.17, 15) is 13.2 Å². The van der Waals surface area contributed by atoms with Crippen LogP contribution >= 0.6 is 0 Å². The van der Waals surface area contributed by atoms with Crippen LogP contribution in [-0.2, 0) is 20.2 Å². The summed E-state index contributed by atoms with van der Waals surface area (Å²) < 4.78 is 27.0. The molecule has 198 valence electrons. The van der Waals surface area contributed by atoms with Gasteiger partial charge in [-0.25, -0.2) is 8.42 Å². The van der Waals surface area contributed by atoms with E-state index >= 15 is 0 Å². The Morgan fingerprint density at radius 1 is 0.769 bits per heavy atom. The van der Waals surface area contributed by atoms with E-state index in [2.05, 4.69) is 5.32 Å². The molecule has 1 saturated carbocycles. The number of sulfone groups is 1. The Balaban J connectivity index is 1.19. The summed E-state index contributed by atoms with van der Waals surface area (Å²) in [5.74, 6) is 0.0379. The first kappa shape index (κ1) is 25.3. The quantitative estimate of drug-likeness (QED) is 0.341. The second kappa shape index (κ2) is 9.97. The lowest BCUT2D eigenvalue weighted by molar-refractivity contribution is -0.130. The summed E-state index contributed by atoms with van der Waals surface area (Å²) in [6, 6.07) is 32.2. The molecule has 1 aliphatic carbocycles. The van der Waals surface area contributed by atoms with Gasteiger partial charge < -0.3 is 5.32 Å². The van der Waals surface area contributed by atoms with Gasteiger partial charge in [-0.05, 0) is 65.6 Å². The Labute approximate surface area is 229 Å². The number of benzene rings is 4. The summed E-state index contributed by atoms with van der Waals surface area (Å²) in [5.41, 5.74) is 0.424. The lowest BCUT2D eigenvalue weighted by atomic mass is 9.82. The molecule has 0 bridgehead atoms. The van der Waals surface area contributed by atoms with Crippen LogP contribution in [0.3, 0.4) is 0 Å². The van der Waals surface area contributed by atoms with Crippen LogP contribution in [0.25, 0.3) is 10.8 Å². The number of hydrogen-bond donors (Lipinski definition) is 2. The van der Waals surface area contributed by atoms with E-state index in [0.29, 0.717) is 37.1 Å². The van der Waals surface area contributed by atoms with Crippen LogP contribution in [0.5, 0.6) is 0 Å². The predicted octanol–water partition coefficient (Wildman–Crippen LogP) is 5.48. The van der Waals surface area contributed by atoms with Gasteiger partial charge in [0.2, 0.25) is 0 Å². The van der Waals surface area contributed by atoms with Gasteiger partial charge in [0, 0.05) is 6.54 Å². The number of carbonyl (C=O) groups is 1. The topological polar surface area (TPSA) is 90.3 Å². The second-order valence-corrected chi connectivity index (χ2v) is 12.8. The summed E-state index contributed by atoms with van der Waals surface area (Å²) in [7, 11) is -3.45. The van der Waals surface area contributed by atoms with Gasteiger partial charge in [-0.3, -0.25) is 15.1 Å². The monoisotopic (exact) mass is 537 g/mol. The summed E-state index contributed by atoms with van der Waals surface area (Å²) in [6.07, 6.45) is 2.48. The van der Waals surface area contributed by atoms with Crippen molar-refractivity contribution in [3.8, 4) is 0 Å². The molecule has 1 aliphatic heterocycles. The molecule has 0 unspecified atom stereocenters. The maximum absolute atomic E-state index is 14.1. The standard InChI is InChI=1S/C32H31N3O3S/c33-31-34-32(26-11-3-1-4-12-26,27-13-5-2-6-14-27)30(36)35(31)22-23-15-18-28(19-16-23)39(37,38)29-20-17-24-9-7-8-10-25(24)21-29/h1-14,17,20-21,23,28H,15-16,18-19,22H2,(H2,33,34). The zero-order valence-corrected chi connectivity index (χ0v) is 22.4. The maximum atomic E-state index is 14.1. The molecular formula is C32H31N3O3S. The van der Waals surface area contributed by atoms with E-state index < -0.39 is 20.6 Å². The van der Waals surface area contributed by atoms with Crippen molar-refractivity contribution in [1.29, 1.82) is 5.41 Å². The highest BCUT2D eigenvalue weighted by molar-refractivity contribution is 7.92. The molecule has 2 N–H and O–H groups in total. The average Bonchev–Trinajstić information content (AvgIpc) is 3.24. The first-order valence-corrected chi connectivity index (χ1v) is 15.0. The normalized spacial score (nSPS) is 21.2. The third kappa shape index (κ3) is 4.40. The predicted molar refractivity (Wildman–Crippen MR) is 153 cm³/mol. The van der Waals surface area contributed by atoms with E-state index in [1.165, 1.54) is 0 Å². The van der Waals surface area contributed by atoms with Gasteiger partial charge >= 0.3 is 0 Å². The van der Waals surface area contributed by atoms with Crippen LogP contribution in [0.4, 0.5) is 0 Å². The van der Waals surface area contributed by atoms with Gasteiger partial charge in [-0.15, -0.1) is 0 Å². The van der Waals surface area contributed by atoms with Gasteiger partial charge in [-0.2, -0.15) is 0 Å². The molecule has 2 aliphatic rings. The minimum Gasteiger partial charge on any atom is -0.334 e. The molecule has 2 fully saturated rings. The Hall–Kier alpha value is -3.97. The van der Waals surface area contributed by atoms with Gasteiger partial charge in [0.15, 0.2) is 21.3 Å². The number of hydrogen-bond acceptors (Lipinski definition) is 4. The SMILES string of the molecule is N=C1NC(c2ccccc2)(c2ccccc2)C(=O)N1CC1CCC(S(=O)(=O)c2ccc3ccccc3c2)CC1. The third-order valence-corrected chi connectivity index (χ3v) is 10.5. The highest BCUT2D eigenvalue weighted by Gasteiger charge is 2.52. The summed E-state index contributed by atoms with van der Waals surface area (Å²) in [6.45, 7) is 0.398. The first-order valence-electron chi connectivity index (χ1n) is 13.4. The van der Waals surface area contributed by atoms with Crippen molar-refractivity contribution >= 4 is 32.5 Å². The number of guanidine groups is 1. The molecule has 0 atom stereocenters. The van der Waals surface area contributed by atoms with Crippen LogP contribution in [0, 0.1) is 11.3 Å². The van der Waals surface area contributed by atoms with Crippen LogP contribution < -0.4 is 5.32 Å². The third-order valence-electron chi connectivity index (χ3n) is 8.28. The Morgan fingerprint density at radius 2 is 1.33 bits per heavy atom. The fourth-order valence-corrected chi connectivity index (χ4v) is 7.96. The van der Waals surface area contributed by atoms with Gasteiger partial charge in [0.25, 0.3) is 5.91 Å². The Kier molecular flexibility index (Phi) is 6.47. The highest BCUT2D eigenvalue weighted by atomic mass is 32.2. The van der Waals surface area contributed by atoms with Crippen LogP contribution in [0.2, 0.25) is 0 Å². The molecule has 4 aromatic carbocycles. The fraction of sp³-hybridized carbons (Fsp3) is 0.250. The molecule has 6 rings (SSSR count). The van der Waals surface area contributed by atoms with Crippen molar-refractivity contribution in [3.63, 3.8) is 0 Å². The lowest BCUT2D eigenvalue weighted by Crippen LogP contribution is -2.45. The molecular weight excluding hydrogens is 506 g/mol. The van der Waals surface area contributed by atoms with Crippen molar-refractivity contribution in [2.45, 2.75) is 41.4 Å². The van der Waals surface area contributed by atoms with Gasteiger partial charge in [-0.1, -0.05) is 91.0 Å². The average molecular weight is 538 g/mol.